The molecule has 0 bridgehead atoms. The molecule has 0 spiro atoms. The first-order valence-corrected chi connectivity index (χ1v) is 10.5. The number of fused-ring (bicyclic) bond motifs is 1. The summed E-state index contributed by atoms with van der Waals surface area (Å²) in [6.45, 7) is 2.45. The number of methoxy groups -OCH3 is 2. The van der Waals surface area contributed by atoms with E-state index in [-0.39, 0.29) is 11.8 Å². The van der Waals surface area contributed by atoms with E-state index in [1.165, 1.54) is 10.5 Å². The summed E-state index contributed by atoms with van der Waals surface area (Å²) in [7, 11) is 3.35. The van der Waals surface area contributed by atoms with Crippen LogP contribution in [0.25, 0.3) is 0 Å². The van der Waals surface area contributed by atoms with E-state index in [4.69, 9.17) is 9.47 Å². The fraction of sp³-hybridized carbons (Fsp3) is 0.417. The molecule has 2 aromatic rings. The van der Waals surface area contributed by atoms with Gasteiger partial charge in [-0.3, -0.25) is 19.4 Å². The van der Waals surface area contributed by atoms with Crippen molar-refractivity contribution in [3.05, 3.63) is 59.2 Å². The van der Waals surface area contributed by atoms with Crippen LogP contribution in [0.1, 0.15) is 58.0 Å². The van der Waals surface area contributed by atoms with Gasteiger partial charge >= 0.3 is 0 Å². The molecule has 0 radical (unpaired) electrons. The number of hydrogen-bond acceptors (Lipinski definition) is 5. The van der Waals surface area contributed by atoms with E-state index >= 15 is 0 Å². The molecule has 2 aliphatic rings. The third-order valence-corrected chi connectivity index (χ3v) is 6.12. The van der Waals surface area contributed by atoms with Gasteiger partial charge in [-0.1, -0.05) is 18.2 Å². The van der Waals surface area contributed by atoms with Crippen LogP contribution in [0.3, 0.4) is 0 Å². The van der Waals surface area contributed by atoms with Crippen molar-refractivity contribution in [2.24, 2.45) is 0 Å². The van der Waals surface area contributed by atoms with Crippen molar-refractivity contribution in [3.8, 4) is 11.5 Å². The van der Waals surface area contributed by atoms with E-state index in [1.807, 2.05) is 12.1 Å². The summed E-state index contributed by atoms with van der Waals surface area (Å²) in [5.41, 5.74) is 2.23. The lowest BCUT2D eigenvalue weighted by Crippen LogP contribution is -2.31. The first-order chi connectivity index (χ1) is 14.6. The Kier molecular flexibility index (Phi) is 6.04. The number of benzene rings is 2. The second-order valence-electron chi connectivity index (χ2n) is 7.82. The van der Waals surface area contributed by atoms with Gasteiger partial charge in [0.1, 0.15) is 11.5 Å². The van der Waals surface area contributed by atoms with Crippen molar-refractivity contribution >= 4 is 11.8 Å². The van der Waals surface area contributed by atoms with E-state index in [9.17, 15) is 9.59 Å². The predicted molar refractivity (Wildman–Crippen MR) is 114 cm³/mol. The topological polar surface area (TPSA) is 59.1 Å². The van der Waals surface area contributed by atoms with Crippen LogP contribution in [-0.4, -0.2) is 55.5 Å². The second-order valence-corrected chi connectivity index (χ2v) is 7.82. The summed E-state index contributed by atoms with van der Waals surface area (Å²) in [4.78, 5) is 28.8. The molecule has 2 heterocycles. The highest BCUT2D eigenvalue weighted by Gasteiger charge is 2.34. The van der Waals surface area contributed by atoms with Gasteiger partial charge in [0.2, 0.25) is 0 Å². The maximum atomic E-state index is 12.5. The molecule has 158 valence electrons. The van der Waals surface area contributed by atoms with Gasteiger partial charge < -0.3 is 9.47 Å². The minimum Gasteiger partial charge on any atom is -0.497 e. The monoisotopic (exact) mass is 408 g/mol. The Morgan fingerprint density at radius 2 is 1.63 bits per heavy atom. The summed E-state index contributed by atoms with van der Waals surface area (Å²) >= 11 is 0. The molecule has 0 aliphatic carbocycles. The Labute approximate surface area is 177 Å². The zero-order chi connectivity index (χ0) is 21.1. The maximum absolute atomic E-state index is 12.5. The quantitative estimate of drug-likeness (QED) is 0.490. The maximum Gasteiger partial charge on any atom is 0.261 e. The van der Waals surface area contributed by atoms with Crippen molar-refractivity contribution < 1.29 is 19.1 Å². The molecule has 0 aromatic heterocycles. The van der Waals surface area contributed by atoms with Gasteiger partial charge in [-0.25, -0.2) is 0 Å². The number of rotatable bonds is 8. The molecule has 2 amide bonds. The van der Waals surface area contributed by atoms with Crippen LogP contribution in [0, 0.1) is 0 Å². The molecule has 6 heteroatoms. The molecule has 2 aromatic carbocycles. The minimum absolute atomic E-state index is 0.169. The van der Waals surface area contributed by atoms with Crippen LogP contribution in [0.5, 0.6) is 11.5 Å². The molecule has 0 saturated carbocycles. The van der Waals surface area contributed by atoms with Gasteiger partial charge in [0, 0.05) is 24.2 Å². The molecular formula is C24H28N2O4. The fourth-order valence-corrected chi connectivity index (χ4v) is 4.57. The van der Waals surface area contributed by atoms with Gasteiger partial charge in [0.05, 0.1) is 25.3 Å². The molecule has 4 rings (SSSR count). The molecule has 6 nitrogen and oxygen atoms in total. The second kappa shape index (κ2) is 8.88. The highest BCUT2D eigenvalue weighted by atomic mass is 16.5. The largest absolute Gasteiger partial charge is 0.497 e. The Morgan fingerprint density at radius 1 is 0.933 bits per heavy atom. The summed E-state index contributed by atoms with van der Waals surface area (Å²) in [6.07, 6.45) is 3.98. The molecular weight excluding hydrogens is 380 g/mol. The smallest absolute Gasteiger partial charge is 0.261 e. The molecule has 0 N–H and O–H groups in total. The zero-order valence-electron chi connectivity index (χ0n) is 17.6. The summed E-state index contributed by atoms with van der Waals surface area (Å²) in [5.74, 6) is 1.31. The number of nitrogens with zero attached hydrogens (tertiary/aromatic N) is 2. The van der Waals surface area contributed by atoms with Gasteiger partial charge in [-0.05, 0) is 57.0 Å². The zero-order valence-corrected chi connectivity index (χ0v) is 17.6. The average molecular weight is 408 g/mol. The number of likely N-dealkylation sites (tertiary alicyclic amines) is 1. The number of carbonyl (C=O) groups excluding carboxylic acids is 2. The van der Waals surface area contributed by atoms with Gasteiger partial charge in [0.25, 0.3) is 11.8 Å². The average Bonchev–Trinajstić information content (AvgIpc) is 3.34. The first kappa shape index (κ1) is 20.4. The Hall–Kier alpha value is -2.86. The fourth-order valence-electron chi connectivity index (χ4n) is 4.57. The molecule has 1 atom stereocenters. The lowest BCUT2D eigenvalue weighted by molar-refractivity contribution is 0.0650. The van der Waals surface area contributed by atoms with Crippen LogP contribution in [-0.2, 0) is 0 Å². The number of carbonyl (C=O) groups is 2. The van der Waals surface area contributed by atoms with Crippen LogP contribution in [0.15, 0.2) is 42.5 Å². The van der Waals surface area contributed by atoms with Gasteiger partial charge in [-0.2, -0.15) is 0 Å². The normalized spacial score (nSPS) is 18.7. The minimum atomic E-state index is -0.169. The Balaban J connectivity index is 1.34. The van der Waals surface area contributed by atoms with Crippen molar-refractivity contribution in [1.82, 2.24) is 9.80 Å². The number of imide groups is 1. The molecule has 30 heavy (non-hydrogen) atoms. The van der Waals surface area contributed by atoms with E-state index < -0.39 is 0 Å². The van der Waals surface area contributed by atoms with Crippen molar-refractivity contribution in [2.45, 2.75) is 31.7 Å². The number of hydrogen-bond donors (Lipinski definition) is 0. The molecule has 0 unspecified atom stereocenters. The summed E-state index contributed by atoms with van der Waals surface area (Å²) < 4.78 is 10.9. The lowest BCUT2D eigenvalue weighted by atomic mass is 10.0. The van der Waals surface area contributed by atoms with Crippen LogP contribution in [0.4, 0.5) is 0 Å². The predicted octanol–water partition coefficient (Wildman–Crippen LogP) is 3.92. The summed E-state index contributed by atoms with van der Waals surface area (Å²) in [5, 5.41) is 0. The van der Waals surface area contributed by atoms with E-state index in [0.29, 0.717) is 23.7 Å². The standard InChI is InChI=1S/C24H28N2O4/c1-29-17-11-12-20(22(16-17)30-2)21-10-7-14-25(21)13-5-6-15-26-23(27)18-8-3-4-9-19(18)24(26)28/h3-4,8-9,11-12,16,21H,5-7,10,13-15H2,1-2H3/t21-/m1/s1. The number of amides is 2. The first-order valence-electron chi connectivity index (χ1n) is 10.5. The van der Waals surface area contributed by atoms with E-state index in [1.54, 1.807) is 38.5 Å². The van der Waals surface area contributed by atoms with Gasteiger partial charge in [0.15, 0.2) is 0 Å². The van der Waals surface area contributed by atoms with Crippen LogP contribution >= 0.6 is 0 Å². The summed E-state index contributed by atoms with van der Waals surface area (Å²) in [6, 6.07) is 13.4. The lowest BCUT2D eigenvalue weighted by Gasteiger charge is -2.26. The van der Waals surface area contributed by atoms with Crippen molar-refractivity contribution in [1.29, 1.82) is 0 Å². The molecule has 1 fully saturated rings. The highest BCUT2D eigenvalue weighted by molar-refractivity contribution is 6.21. The van der Waals surface area contributed by atoms with Crippen LogP contribution in [0.2, 0.25) is 0 Å². The SMILES string of the molecule is COc1ccc([C@H]2CCCN2CCCCN2C(=O)c3ccccc3C2=O)c(OC)c1. The Bertz CT molecular complexity index is 908. The van der Waals surface area contributed by atoms with Crippen LogP contribution < -0.4 is 9.47 Å². The molecule has 1 saturated heterocycles. The Morgan fingerprint density at radius 3 is 2.30 bits per heavy atom. The third kappa shape index (κ3) is 3.79. The van der Waals surface area contributed by atoms with E-state index in [0.717, 1.165) is 50.3 Å². The number of unbranched alkanes of at least 4 members (excludes halogenated alkanes) is 1. The van der Waals surface area contributed by atoms with E-state index in [2.05, 4.69) is 11.0 Å². The highest BCUT2D eigenvalue weighted by Crippen LogP contribution is 2.38. The third-order valence-electron chi connectivity index (χ3n) is 6.12. The van der Waals surface area contributed by atoms with Crippen molar-refractivity contribution in [3.63, 3.8) is 0 Å². The van der Waals surface area contributed by atoms with Gasteiger partial charge in [-0.15, -0.1) is 0 Å². The van der Waals surface area contributed by atoms with Crippen molar-refractivity contribution in [2.75, 3.05) is 33.9 Å². The number of ether oxygens (including phenoxy) is 2. The molecule has 2 aliphatic heterocycles.